The van der Waals surface area contributed by atoms with Crippen LogP contribution in [0.1, 0.15) is 34.8 Å². The summed E-state index contributed by atoms with van der Waals surface area (Å²) in [6, 6.07) is 0. The van der Waals surface area contributed by atoms with Crippen molar-refractivity contribution in [3.8, 4) is 0 Å². The van der Waals surface area contributed by atoms with Gasteiger partial charge in [-0.2, -0.15) is 0 Å². The van der Waals surface area contributed by atoms with Crippen molar-refractivity contribution in [2.45, 2.75) is 38.6 Å². The Morgan fingerprint density at radius 3 is 3.00 bits per heavy atom. The van der Waals surface area contributed by atoms with Gasteiger partial charge in [-0.3, -0.25) is 9.69 Å². The molecular weight excluding hydrogens is 282 g/mol. The van der Waals surface area contributed by atoms with E-state index in [1.54, 1.807) is 0 Å². The van der Waals surface area contributed by atoms with E-state index in [1.807, 2.05) is 23.3 Å². The fourth-order valence-corrected chi connectivity index (χ4v) is 5.28. The van der Waals surface area contributed by atoms with Crippen LogP contribution in [-0.4, -0.2) is 47.4 Å². The van der Waals surface area contributed by atoms with E-state index in [4.69, 9.17) is 4.98 Å². The van der Waals surface area contributed by atoms with Crippen LogP contribution in [0.3, 0.4) is 0 Å². The van der Waals surface area contributed by atoms with E-state index >= 15 is 0 Å². The highest BCUT2D eigenvalue weighted by atomic mass is 32.1. The van der Waals surface area contributed by atoms with Crippen LogP contribution in [0.5, 0.6) is 0 Å². The van der Waals surface area contributed by atoms with Crippen LogP contribution in [0.4, 0.5) is 0 Å². The average Bonchev–Trinajstić information content (AvgIpc) is 3.06. The molecule has 114 valence electrons. The minimum atomic E-state index is 0.235. The van der Waals surface area contributed by atoms with Gasteiger partial charge in [0.15, 0.2) is 0 Å². The molecule has 0 bridgehead atoms. The van der Waals surface area contributed by atoms with Crippen LogP contribution in [0.2, 0.25) is 0 Å². The van der Waals surface area contributed by atoms with E-state index < -0.39 is 0 Å². The third-order valence-electron chi connectivity index (χ3n) is 5.29. The second kappa shape index (κ2) is 5.36. The third-order valence-corrected chi connectivity index (χ3v) is 6.44. The number of rotatable bonds is 2. The normalized spacial score (nSPS) is 29.6. The van der Waals surface area contributed by atoms with Crippen molar-refractivity contribution in [2.75, 3.05) is 26.7 Å². The molecule has 3 heterocycles. The van der Waals surface area contributed by atoms with E-state index in [2.05, 4.69) is 4.90 Å². The number of thiazole rings is 1. The van der Waals surface area contributed by atoms with Gasteiger partial charge in [0.25, 0.3) is 0 Å². The van der Waals surface area contributed by atoms with Crippen LogP contribution in [-0.2, 0) is 24.2 Å². The summed E-state index contributed by atoms with van der Waals surface area (Å²) in [5, 5.41) is 1.27. The lowest BCUT2D eigenvalue weighted by Gasteiger charge is -2.30. The van der Waals surface area contributed by atoms with Crippen molar-refractivity contribution in [3.05, 3.63) is 15.6 Å². The largest absolute Gasteiger partial charge is 0.345 e. The topological polar surface area (TPSA) is 36.4 Å². The van der Waals surface area contributed by atoms with E-state index in [9.17, 15) is 4.79 Å². The van der Waals surface area contributed by atoms with Gasteiger partial charge in [-0.1, -0.05) is 0 Å². The Morgan fingerprint density at radius 1 is 1.29 bits per heavy atom. The Labute approximate surface area is 130 Å². The van der Waals surface area contributed by atoms with E-state index in [-0.39, 0.29) is 5.92 Å². The zero-order valence-corrected chi connectivity index (χ0v) is 13.5. The number of aromatic nitrogens is 1. The molecule has 1 aliphatic carbocycles. The number of hydrogen-bond donors (Lipinski definition) is 0. The van der Waals surface area contributed by atoms with E-state index in [0.717, 1.165) is 32.6 Å². The number of nitrogens with zero attached hydrogens (tertiary/aromatic N) is 3. The molecule has 4 nitrogen and oxygen atoms in total. The summed E-state index contributed by atoms with van der Waals surface area (Å²) in [6.45, 7) is 3.88. The molecule has 1 amide bonds. The number of hydrogen-bond acceptors (Lipinski definition) is 4. The highest BCUT2D eigenvalue weighted by Crippen LogP contribution is 2.33. The van der Waals surface area contributed by atoms with Gasteiger partial charge >= 0.3 is 0 Å². The molecule has 2 fully saturated rings. The number of fused-ring (bicyclic) bond motifs is 2. The van der Waals surface area contributed by atoms with Crippen molar-refractivity contribution >= 4 is 17.2 Å². The van der Waals surface area contributed by atoms with Crippen molar-refractivity contribution in [2.24, 2.45) is 11.8 Å². The zero-order chi connectivity index (χ0) is 14.4. The quantitative estimate of drug-likeness (QED) is 0.838. The first kappa shape index (κ1) is 13.7. The predicted molar refractivity (Wildman–Crippen MR) is 83.3 cm³/mol. The maximum atomic E-state index is 12.3. The first-order valence-corrected chi connectivity index (χ1v) is 8.97. The first-order chi connectivity index (χ1) is 10.2. The Morgan fingerprint density at radius 2 is 2.14 bits per heavy atom. The molecule has 0 spiro atoms. The molecule has 1 aromatic rings. The van der Waals surface area contributed by atoms with Gasteiger partial charge in [-0.05, 0) is 38.0 Å². The van der Waals surface area contributed by atoms with Crippen LogP contribution in [0, 0.1) is 11.8 Å². The number of amides is 1. The standard InChI is InChI=1S/C16H23N3OS/c1-18-7-6-11-8-19(9-12(11)16(18)20)10-15-17-13-4-2-3-5-14(13)21-15/h11-12H,2-10H2,1H3/t11-,12+/m1/s1. The van der Waals surface area contributed by atoms with Gasteiger partial charge in [0.1, 0.15) is 5.01 Å². The molecule has 0 aromatic carbocycles. The molecule has 2 aliphatic heterocycles. The number of likely N-dealkylation sites (tertiary alicyclic amines) is 2. The zero-order valence-electron chi connectivity index (χ0n) is 12.7. The summed E-state index contributed by atoms with van der Waals surface area (Å²) in [4.78, 5) is 23.0. The highest BCUT2D eigenvalue weighted by molar-refractivity contribution is 7.11. The summed E-state index contributed by atoms with van der Waals surface area (Å²) in [5.74, 6) is 1.16. The smallest absolute Gasteiger partial charge is 0.227 e. The van der Waals surface area contributed by atoms with Crippen LogP contribution >= 0.6 is 11.3 Å². The van der Waals surface area contributed by atoms with Crippen LogP contribution < -0.4 is 0 Å². The summed E-state index contributed by atoms with van der Waals surface area (Å²) >= 11 is 1.91. The molecule has 2 saturated heterocycles. The first-order valence-electron chi connectivity index (χ1n) is 8.15. The van der Waals surface area contributed by atoms with E-state index in [0.29, 0.717) is 11.8 Å². The Balaban J connectivity index is 1.44. The van der Waals surface area contributed by atoms with Gasteiger partial charge in [0.2, 0.25) is 5.91 Å². The van der Waals surface area contributed by atoms with Crippen molar-refractivity contribution < 1.29 is 4.79 Å². The minimum absolute atomic E-state index is 0.235. The summed E-state index contributed by atoms with van der Waals surface area (Å²) in [5.41, 5.74) is 1.36. The Bertz CT molecular complexity index is 532. The highest BCUT2D eigenvalue weighted by Gasteiger charge is 2.41. The molecule has 21 heavy (non-hydrogen) atoms. The van der Waals surface area contributed by atoms with Crippen LogP contribution in [0.15, 0.2) is 0 Å². The monoisotopic (exact) mass is 305 g/mol. The lowest BCUT2D eigenvalue weighted by molar-refractivity contribution is -0.137. The maximum absolute atomic E-state index is 12.3. The molecule has 2 atom stereocenters. The second-order valence-electron chi connectivity index (χ2n) is 6.79. The molecule has 1 aromatic heterocycles. The average molecular weight is 305 g/mol. The van der Waals surface area contributed by atoms with Gasteiger partial charge < -0.3 is 4.90 Å². The molecule has 0 saturated carbocycles. The van der Waals surface area contributed by atoms with Gasteiger partial charge in [0.05, 0.1) is 18.2 Å². The van der Waals surface area contributed by atoms with E-state index in [1.165, 1.54) is 41.3 Å². The summed E-state index contributed by atoms with van der Waals surface area (Å²) < 4.78 is 0. The Kier molecular flexibility index (Phi) is 3.50. The van der Waals surface area contributed by atoms with Crippen molar-refractivity contribution in [1.82, 2.24) is 14.8 Å². The molecule has 5 heteroatoms. The predicted octanol–water partition coefficient (Wildman–Crippen LogP) is 1.93. The molecular formula is C16H23N3OS. The Hall–Kier alpha value is -0.940. The molecule has 0 radical (unpaired) electrons. The number of carbonyl (C=O) groups excluding carboxylic acids is 1. The summed E-state index contributed by atoms with van der Waals surface area (Å²) in [7, 11) is 1.94. The van der Waals surface area contributed by atoms with Crippen LogP contribution in [0.25, 0.3) is 0 Å². The van der Waals surface area contributed by atoms with Crippen molar-refractivity contribution in [1.29, 1.82) is 0 Å². The van der Waals surface area contributed by atoms with Crippen molar-refractivity contribution in [3.63, 3.8) is 0 Å². The lowest BCUT2D eigenvalue weighted by Crippen LogP contribution is -2.42. The molecule has 3 aliphatic rings. The fourth-order valence-electron chi connectivity index (χ4n) is 4.08. The fraction of sp³-hybridized carbons (Fsp3) is 0.750. The summed E-state index contributed by atoms with van der Waals surface area (Å²) in [6.07, 6.45) is 6.17. The third kappa shape index (κ3) is 2.50. The maximum Gasteiger partial charge on any atom is 0.227 e. The minimum Gasteiger partial charge on any atom is -0.345 e. The SMILES string of the molecule is CN1CC[C@@H]2CN(Cc3nc4c(s3)CCCC4)C[C@@H]2C1=O. The van der Waals surface area contributed by atoms with Gasteiger partial charge in [-0.25, -0.2) is 4.98 Å². The number of carbonyl (C=O) groups is 1. The lowest BCUT2D eigenvalue weighted by atomic mass is 9.88. The number of aryl methyl sites for hydroxylation is 2. The van der Waals surface area contributed by atoms with Gasteiger partial charge in [0, 0.05) is 31.6 Å². The van der Waals surface area contributed by atoms with Gasteiger partial charge in [-0.15, -0.1) is 11.3 Å². The number of piperidine rings is 1. The molecule has 4 rings (SSSR count). The second-order valence-corrected chi connectivity index (χ2v) is 7.96. The molecule has 0 N–H and O–H groups in total. The molecule has 0 unspecified atom stereocenters.